The quantitative estimate of drug-likeness (QED) is 0.471. The Morgan fingerprint density at radius 1 is 0.500 bits per heavy atom. The molecule has 0 aliphatic heterocycles. The number of benzene rings is 3. The lowest BCUT2D eigenvalue weighted by atomic mass is 9.84. The van der Waals surface area contributed by atoms with Crippen LogP contribution in [0.15, 0.2) is 91.0 Å². The van der Waals surface area contributed by atoms with E-state index in [1.807, 2.05) is 0 Å². The Hall–Kier alpha value is -1.47. The topological polar surface area (TPSA) is 35.0 Å². The molecule has 114 valence electrons. The van der Waals surface area contributed by atoms with Gasteiger partial charge in [0.05, 0.1) is 5.16 Å². The molecule has 22 heavy (non-hydrogen) atoms. The largest absolute Gasteiger partial charge is 0.344 e. The van der Waals surface area contributed by atoms with E-state index >= 15 is 0 Å². The number of hydrogen-bond donors (Lipinski definition) is 1. The Kier molecular flexibility index (Phi) is 6.96. The van der Waals surface area contributed by atoms with E-state index in [4.69, 9.17) is 0 Å². The molecule has 0 heterocycles. The normalized spacial score (nSPS) is 10.2. The van der Waals surface area contributed by atoms with Gasteiger partial charge in [0.25, 0.3) is 0 Å². The van der Waals surface area contributed by atoms with Gasteiger partial charge in [-0.1, -0.05) is 91.0 Å². The van der Waals surface area contributed by atoms with Gasteiger partial charge in [-0.25, -0.2) is 0 Å². The van der Waals surface area contributed by atoms with Gasteiger partial charge in [0, 0.05) is 0 Å². The van der Waals surface area contributed by atoms with Crippen LogP contribution in [0.3, 0.4) is 0 Å². The van der Waals surface area contributed by atoms with Crippen molar-refractivity contribution in [3.05, 3.63) is 108 Å². The third kappa shape index (κ3) is 3.47. The first-order valence-corrected chi connectivity index (χ1v) is 7.35. The lowest BCUT2D eigenvalue weighted by molar-refractivity contribution is 0.897. The summed E-state index contributed by atoms with van der Waals surface area (Å²) in [6, 6.07) is 31.9. The van der Waals surface area contributed by atoms with E-state index in [2.05, 4.69) is 100 Å². The second kappa shape index (κ2) is 8.24. The van der Waals surface area contributed by atoms with Crippen molar-refractivity contribution >= 4 is 26.2 Å². The Balaban J connectivity index is 0.00000121. The minimum atomic E-state index is -0.205. The fraction of sp³-hybridized carbons (Fsp3) is 0.0526. The predicted octanol–water partition coefficient (Wildman–Crippen LogP) is 5.59. The highest BCUT2D eigenvalue weighted by atomic mass is 79.9. The highest BCUT2D eigenvalue weighted by molar-refractivity contribution is 8.93. The van der Waals surface area contributed by atoms with Gasteiger partial charge in [-0.05, 0) is 16.7 Å². The summed E-state index contributed by atoms with van der Waals surface area (Å²) in [4.78, 5) is 0. The molecule has 1 unspecified atom stereocenters. The van der Waals surface area contributed by atoms with E-state index < -0.39 is 0 Å². The minimum absolute atomic E-state index is 0. The van der Waals surface area contributed by atoms with E-state index in [1.165, 1.54) is 16.7 Å². The summed E-state index contributed by atoms with van der Waals surface area (Å²) < 4.78 is 0. The summed E-state index contributed by atoms with van der Waals surface area (Å²) in [6.07, 6.45) is 0. The van der Waals surface area contributed by atoms with Crippen molar-refractivity contribution in [3.63, 3.8) is 0 Å². The highest BCUT2D eigenvalue weighted by Crippen LogP contribution is 2.44. The molecule has 3 heteroatoms. The summed E-state index contributed by atoms with van der Waals surface area (Å²) >= 11 is 0. The van der Waals surface area contributed by atoms with Crippen LogP contribution < -0.4 is 6.15 Å². The zero-order valence-corrected chi connectivity index (χ0v) is 15.2. The van der Waals surface area contributed by atoms with E-state index in [9.17, 15) is 0 Å². The minimum Gasteiger partial charge on any atom is -0.344 e. The van der Waals surface area contributed by atoms with Crippen LogP contribution >= 0.6 is 26.2 Å². The number of hydrogen-bond acceptors (Lipinski definition) is 1. The van der Waals surface area contributed by atoms with Crippen molar-refractivity contribution in [1.82, 2.24) is 6.15 Å². The van der Waals surface area contributed by atoms with Crippen LogP contribution in [0.2, 0.25) is 0 Å². The lowest BCUT2D eigenvalue weighted by Crippen LogP contribution is -2.21. The molecule has 1 atom stereocenters. The predicted molar refractivity (Wildman–Crippen MR) is 104 cm³/mol. The SMILES string of the molecule is Br.N.PC(c1ccccc1)(c1ccccc1)c1ccccc1. The van der Waals surface area contributed by atoms with Crippen LogP contribution in [-0.2, 0) is 5.16 Å². The number of rotatable bonds is 3. The molecule has 0 fully saturated rings. The van der Waals surface area contributed by atoms with Crippen molar-refractivity contribution in [2.45, 2.75) is 5.16 Å². The third-order valence-electron chi connectivity index (χ3n) is 3.69. The molecule has 3 rings (SSSR count). The van der Waals surface area contributed by atoms with Gasteiger partial charge < -0.3 is 6.15 Å². The zero-order valence-electron chi connectivity index (χ0n) is 12.4. The Bertz CT molecular complexity index is 575. The van der Waals surface area contributed by atoms with Crippen molar-refractivity contribution < 1.29 is 0 Å². The van der Waals surface area contributed by atoms with Crippen LogP contribution in [0, 0.1) is 0 Å². The van der Waals surface area contributed by atoms with Gasteiger partial charge in [-0.15, -0.1) is 26.2 Å². The highest BCUT2D eigenvalue weighted by Gasteiger charge is 2.30. The average molecular weight is 374 g/mol. The molecular formula is C19H21BrNP. The Morgan fingerprint density at radius 3 is 0.955 bits per heavy atom. The van der Waals surface area contributed by atoms with Gasteiger partial charge in [-0.2, -0.15) is 0 Å². The van der Waals surface area contributed by atoms with Gasteiger partial charge in [0.1, 0.15) is 0 Å². The first-order valence-electron chi connectivity index (χ1n) is 6.77. The molecule has 0 amide bonds. The second-order valence-electron chi connectivity index (χ2n) is 4.91. The van der Waals surface area contributed by atoms with Gasteiger partial charge in [0.2, 0.25) is 0 Å². The molecule has 0 aliphatic carbocycles. The van der Waals surface area contributed by atoms with Crippen LogP contribution in [0.4, 0.5) is 0 Å². The monoisotopic (exact) mass is 373 g/mol. The fourth-order valence-corrected chi connectivity index (χ4v) is 3.18. The molecule has 0 saturated carbocycles. The summed E-state index contributed by atoms with van der Waals surface area (Å²) in [5.74, 6) is 0. The molecule has 0 radical (unpaired) electrons. The summed E-state index contributed by atoms with van der Waals surface area (Å²) in [5, 5.41) is -0.205. The molecule has 0 bridgehead atoms. The summed E-state index contributed by atoms with van der Waals surface area (Å²) in [6.45, 7) is 0. The summed E-state index contributed by atoms with van der Waals surface area (Å²) in [5.41, 5.74) is 3.84. The molecular weight excluding hydrogens is 353 g/mol. The molecule has 0 saturated heterocycles. The van der Waals surface area contributed by atoms with Crippen LogP contribution in [0.1, 0.15) is 16.7 Å². The van der Waals surface area contributed by atoms with E-state index in [0.717, 1.165) is 0 Å². The van der Waals surface area contributed by atoms with Gasteiger partial charge >= 0.3 is 0 Å². The molecule has 3 aromatic carbocycles. The number of halogens is 1. The zero-order chi connectivity index (χ0) is 13.8. The van der Waals surface area contributed by atoms with E-state index in [0.29, 0.717) is 0 Å². The molecule has 0 aromatic heterocycles. The van der Waals surface area contributed by atoms with Crippen molar-refractivity contribution in [1.29, 1.82) is 0 Å². The summed E-state index contributed by atoms with van der Waals surface area (Å²) in [7, 11) is 3.06. The molecule has 3 aromatic rings. The van der Waals surface area contributed by atoms with Crippen molar-refractivity contribution in [2.24, 2.45) is 0 Å². The van der Waals surface area contributed by atoms with Crippen LogP contribution in [0.5, 0.6) is 0 Å². The van der Waals surface area contributed by atoms with Crippen molar-refractivity contribution in [3.8, 4) is 0 Å². The molecule has 0 aliphatic rings. The second-order valence-corrected chi connectivity index (χ2v) is 5.77. The average Bonchev–Trinajstić information content (AvgIpc) is 2.56. The maximum absolute atomic E-state index is 3.06. The van der Waals surface area contributed by atoms with Crippen molar-refractivity contribution in [2.75, 3.05) is 0 Å². The molecule has 0 spiro atoms. The molecule has 1 nitrogen and oxygen atoms in total. The van der Waals surface area contributed by atoms with E-state index in [1.54, 1.807) is 0 Å². The van der Waals surface area contributed by atoms with Crippen LogP contribution in [-0.4, -0.2) is 0 Å². The lowest BCUT2D eigenvalue weighted by Gasteiger charge is -2.31. The maximum atomic E-state index is 3.06. The smallest absolute Gasteiger partial charge is 0.0591 e. The van der Waals surface area contributed by atoms with Crippen LogP contribution in [0.25, 0.3) is 0 Å². The van der Waals surface area contributed by atoms with Gasteiger partial charge in [-0.3, -0.25) is 0 Å². The molecule has 3 N–H and O–H groups in total. The third-order valence-corrected chi connectivity index (χ3v) is 4.69. The first-order chi connectivity index (χ1) is 9.82. The fourth-order valence-electron chi connectivity index (χ4n) is 2.60. The maximum Gasteiger partial charge on any atom is 0.0591 e. The standard InChI is InChI=1S/C19H17P.BrH.H3N/c20-19(16-10-4-1-5-11-16,17-12-6-2-7-13-17)18-14-8-3-9-15-18;;/h1-15H,20H2;1H;1H3. The Labute approximate surface area is 145 Å². The first kappa shape index (κ1) is 18.6. The van der Waals surface area contributed by atoms with Gasteiger partial charge in [0.15, 0.2) is 0 Å². The van der Waals surface area contributed by atoms with E-state index in [-0.39, 0.29) is 28.3 Å². The Morgan fingerprint density at radius 2 is 0.727 bits per heavy atom.